The summed E-state index contributed by atoms with van der Waals surface area (Å²) in [6, 6.07) is 0. The fraction of sp³-hybridized carbons (Fsp3) is 0.963. The number of hydrogen-bond acceptors (Lipinski definition) is 2. The molecule has 0 bridgehead atoms. The molecule has 0 saturated carbocycles. The van der Waals surface area contributed by atoms with Crippen molar-refractivity contribution in [3.8, 4) is 0 Å². The minimum Gasteiger partial charge on any atom is -0.465 e. The Morgan fingerprint density at radius 3 is 1.45 bits per heavy atom. The molecule has 0 rings (SSSR count). The van der Waals surface area contributed by atoms with Crippen LogP contribution in [0.1, 0.15) is 150 Å². The van der Waals surface area contributed by atoms with Crippen molar-refractivity contribution in [3.63, 3.8) is 0 Å². The van der Waals surface area contributed by atoms with Gasteiger partial charge < -0.3 is 4.74 Å². The van der Waals surface area contributed by atoms with Crippen LogP contribution in [0.5, 0.6) is 0 Å². The molecule has 0 radical (unpaired) electrons. The van der Waals surface area contributed by atoms with E-state index >= 15 is 0 Å². The average Bonchev–Trinajstić information content (AvgIpc) is 2.72. The summed E-state index contributed by atoms with van der Waals surface area (Å²) in [4.78, 5) is 12.3. The van der Waals surface area contributed by atoms with Gasteiger partial charge in [0.2, 0.25) is 0 Å². The summed E-state index contributed by atoms with van der Waals surface area (Å²) >= 11 is 0. The first-order valence-corrected chi connectivity index (χ1v) is 13.3. The van der Waals surface area contributed by atoms with Gasteiger partial charge in [0.25, 0.3) is 0 Å². The molecule has 0 fully saturated rings. The summed E-state index contributed by atoms with van der Waals surface area (Å²) in [6.45, 7) is 9.45. The first-order valence-electron chi connectivity index (χ1n) is 13.3. The molecule has 0 heterocycles. The van der Waals surface area contributed by atoms with Crippen LogP contribution in [0.15, 0.2) is 0 Å². The topological polar surface area (TPSA) is 26.3 Å². The van der Waals surface area contributed by atoms with Gasteiger partial charge in [-0.15, -0.1) is 0 Å². The maximum absolute atomic E-state index is 12.3. The molecule has 0 aliphatic carbocycles. The number of hydrogen-bond donors (Lipinski definition) is 0. The van der Waals surface area contributed by atoms with Crippen LogP contribution in [0.25, 0.3) is 0 Å². The van der Waals surface area contributed by atoms with Gasteiger partial charge in [-0.2, -0.15) is 0 Å². The van der Waals surface area contributed by atoms with E-state index in [1.54, 1.807) is 0 Å². The van der Waals surface area contributed by atoms with Crippen LogP contribution in [0.2, 0.25) is 0 Å². The second-order valence-corrected chi connectivity index (χ2v) is 9.36. The maximum atomic E-state index is 12.3. The maximum Gasteiger partial charge on any atom is 0.308 e. The largest absolute Gasteiger partial charge is 0.465 e. The van der Waals surface area contributed by atoms with Crippen LogP contribution in [-0.4, -0.2) is 12.6 Å². The predicted molar refractivity (Wildman–Crippen MR) is 128 cm³/mol. The molecule has 174 valence electrons. The summed E-state index contributed by atoms with van der Waals surface area (Å²) in [5.41, 5.74) is 0. The lowest BCUT2D eigenvalue weighted by Gasteiger charge is -2.19. The van der Waals surface area contributed by atoms with Gasteiger partial charge in [0.1, 0.15) is 0 Å². The Morgan fingerprint density at radius 2 is 0.966 bits per heavy atom. The van der Waals surface area contributed by atoms with Gasteiger partial charge in [0, 0.05) is 0 Å². The van der Waals surface area contributed by atoms with Crippen molar-refractivity contribution in [2.24, 2.45) is 11.8 Å². The lowest BCUT2D eigenvalue weighted by atomic mass is 9.94. The molecule has 0 saturated heterocycles. The van der Waals surface area contributed by atoms with Gasteiger partial charge in [-0.1, -0.05) is 130 Å². The summed E-state index contributed by atoms with van der Waals surface area (Å²) < 4.78 is 5.76. The molecule has 2 nitrogen and oxygen atoms in total. The van der Waals surface area contributed by atoms with E-state index < -0.39 is 0 Å². The fourth-order valence-electron chi connectivity index (χ4n) is 4.08. The Labute approximate surface area is 184 Å². The van der Waals surface area contributed by atoms with E-state index in [4.69, 9.17) is 4.74 Å². The van der Waals surface area contributed by atoms with Gasteiger partial charge in [-0.25, -0.2) is 0 Å². The van der Waals surface area contributed by atoms with Crippen LogP contribution in [0, 0.1) is 11.8 Å². The fourth-order valence-corrected chi connectivity index (χ4v) is 4.08. The SMILES string of the molecule is CCCCCCCCCC(CCCCCCCC)COC(=O)C(C)CCCCC. The minimum atomic E-state index is 0.0358. The normalized spacial score (nSPS) is 13.4. The smallest absolute Gasteiger partial charge is 0.308 e. The van der Waals surface area contributed by atoms with Gasteiger partial charge >= 0.3 is 5.97 Å². The molecule has 0 N–H and O–H groups in total. The van der Waals surface area contributed by atoms with Gasteiger partial charge in [0.15, 0.2) is 0 Å². The Kier molecular flexibility index (Phi) is 21.8. The Morgan fingerprint density at radius 1 is 0.586 bits per heavy atom. The van der Waals surface area contributed by atoms with Crippen molar-refractivity contribution in [3.05, 3.63) is 0 Å². The molecule has 0 aliphatic rings. The number of carbonyl (C=O) groups is 1. The first kappa shape index (κ1) is 28.5. The molecular formula is C27H54O2. The van der Waals surface area contributed by atoms with Gasteiger partial charge in [-0.3, -0.25) is 4.79 Å². The van der Waals surface area contributed by atoms with Crippen molar-refractivity contribution in [2.75, 3.05) is 6.61 Å². The van der Waals surface area contributed by atoms with Crippen LogP contribution in [0.3, 0.4) is 0 Å². The third-order valence-electron chi connectivity index (χ3n) is 6.29. The Hall–Kier alpha value is -0.530. The number of esters is 1. The zero-order valence-electron chi connectivity index (χ0n) is 20.6. The van der Waals surface area contributed by atoms with E-state index in [0.29, 0.717) is 12.5 Å². The van der Waals surface area contributed by atoms with E-state index in [-0.39, 0.29) is 11.9 Å². The number of rotatable bonds is 22. The minimum absolute atomic E-state index is 0.0358. The molecule has 0 aromatic carbocycles. The van der Waals surface area contributed by atoms with Crippen molar-refractivity contribution in [1.29, 1.82) is 0 Å². The highest BCUT2D eigenvalue weighted by atomic mass is 16.5. The highest BCUT2D eigenvalue weighted by molar-refractivity contribution is 5.71. The Balaban J connectivity index is 4.13. The number of ether oxygens (including phenoxy) is 1. The lowest BCUT2D eigenvalue weighted by molar-refractivity contribution is -0.149. The van der Waals surface area contributed by atoms with E-state index in [2.05, 4.69) is 20.8 Å². The summed E-state index contributed by atoms with van der Waals surface area (Å²) in [5, 5.41) is 0. The van der Waals surface area contributed by atoms with E-state index in [0.717, 1.165) is 12.8 Å². The van der Waals surface area contributed by atoms with Crippen LogP contribution in [-0.2, 0) is 9.53 Å². The van der Waals surface area contributed by atoms with Crippen molar-refractivity contribution < 1.29 is 9.53 Å². The quantitative estimate of drug-likeness (QED) is 0.131. The second kappa shape index (κ2) is 22.2. The van der Waals surface area contributed by atoms with Crippen molar-refractivity contribution >= 4 is 5.97 Å². The molecular weight excluding hydrogens is 356 g/mol. The highest BCUT2D eigenvalue weighted by Crippen LogP contribution is 2.21. The van der Waals surface area contributed by atoms with Gasteiger partial charge in [-0.05, 0) is 25.2 Å². The molecule has 0 amide bonds. The molecule has 0 aromatic heterocycles. The Bertz CT molecular complexity index is 339. The second-order valence-electron chi connectivity index (χ2n) is 9.36. The summed E-state index contributed by atoms with van der Waals surface area (Å²) in [6.07, 6.45) is 24.6. The third kappa shape index (κ3) is 19.2. The highest BCUT2D eigenvalue weighted by Gasteiger charge is 2.17. The molecule has 2 unspecified atom stereocenters. The molecule has 0 spiro atoms. The van der Waals surface area contributed by atoms with Gasteiger partial charge in [0.05, 0.1) is 12.5 Å². The first-order chi connectivity index (χ1) is 14.2. The third-order valence-corrected chi connectivity index (χ3v) is 6.29. The zero-order valence-corrected chi connectivity index (χ0v) is 20.6. The average molecular weight is 411 g/mol. The van der Waals surface area contributed by atoms with Crippen molar-refractivity contribution in [1.82, 2.24) is 0 Å². The zero-order chi connectivity index (χ0) is 21.6. The lowest BCUT2D eigenvalue weighted by Crippen LogP contribution is -2.19. The molecule has 0 aromatic rings. The summed E-state index contributed by atoms with van der Waals surface area (Å²) in [7, 11) is 0. The molecule has 2 atom stereocenters. The number of carbonyl (C=O) groups excluding carboxylic acids is 1. The monoisotopic (exact) mass is 410 g/mol. The molecule has 29 heavy (non-hydrogen) atoms. The van der Waals surface area contributed by atoms with E-state index in [1.165, 1.54) is 109 Å². The summed E-state index contributed by atoms with van der Waals surface area (Å²) in [5.74, 6) is 0.673. The number of unbranched alkanes of at least 4 members (excludes halogenated alkanes) is 13. The molecule has 2 heteroatoms. The van der Waals surface area contributed by atoms with E-state index in [1.807, 2.05) is 6.92 Å². The van der Waals surface area contributed by atoms with Crippen LogP contribution < -0.4 is 0 Å². The van der Waals surface area contributed by atoms with Crippen LogP contribution in [0.4, 0.5) is 0 Å². The standard InChI is InChI=1S/C27H54O2/c1-5-8-11-13-15-17-20-23-26(22-19-16-14-12-9-6-2)24-29-27(28)25(4)21-18-10-7-3/h25-26H,5-24H2,1-4H3. The van der Waals surface area contributed by atoms with Crippen LogP contribution >= 0.6 is 0 Å². The predicted octanol–water partition coefficient (Wildman–Crippen LogP) is 9.25. The van der Waals surface area contributed by atoms with Crippen molar-refractivity contribution in [2.45, 2.75) is 150 Å². The molecule has 0 aliphatic heterocycles. The van der Waals surface area contributed by atoms with E-state index in [9.17, 15) is 4.79 Å².